The van der Waals surface area contributed by atoms with Gasteiger partial charge in [-0.3, -0.25) is 10.1 Å². The van der Waals surface area contributed by atoms with Gasteiger partial charge in [-0.15, -0.1) is 0 Å². The van der Waals surface area contributed by atoms with Gasteiger partial charge in [-0.25, -0.2) is 4.79 Å². The van der Waals surface area contributed by atoms with Gasteiger partial charge in [0, 0.05) is 23.6 Å². The lowest BCUT2D eigenvalue weighted by Gasteiger charge is -2.25. The number of rotatable bonds is 7. The topological polar surface area (TPSA) is 98.9 Å². The van der Waals surface area contributed by atoms with Gasteiger partial charge in [-0.2, -0.15) is 0 Å². The number of hydrogen-bond acceptors (Lipinski definition) is 6. The molecule has 0 aliphatic carbocycles. The highest BCUT2D eigenvalue weighted by Gasteiger charge is 2.30. The maximum absolute atomic E-state index is 12.0. The Hall–Kier alpha value is -3.19. The Kier molecular flexibility index (Phi) is 6.08. The summed E-state index contributed by atoms with van der Waals surface area (Å²) in [5, 5.41) is 21.6. The van der Waals surface area contributed by atoms with Crippen LogP contribution in [0.4, 0.5) is 5.69 Å². The molecular weight excluding hydrogens is 338 g/mol. The Morgan fingerprint density at radius 3 is 2.08 bits per heavy atom. The van der Waals surface area contributed by atoms with E-state index in [1.807, 2.05) is 0 Å². The molecule has 0 aliphatic rings. The van der Waals surface area contributed by atoms with Crippen LogP contribution in [0.5, 0.6) is 5.75 Å². The largest absolute Gasteiger partial charge is 0.497 e. The molecular formula is C19H19NO6. The first kappa shape index (κ1) is 19.1. The summed E-state index contributed by atoms with van der Waals surface area (Å²) >= 11 is 0. The van der Waals surface area contributed by atoms with E-state index in [2.05, 4.69) is 6.58 Å². The lowest BCUT2D eigenvalue weighted by molar-refractivity contribution is -0.384. The number of nitro benzene ring substituents is 1. The average Bonchev–Trinajstić information content (AvgIpc) is 2.67. The molecule has 0 bridgehead atoms. The van der Waals surface area contributed by atoms with Crippen molar-refractivity contribution in [3.05, 3.63) is 81.9 Å². The summed E-state index contributed by atoms with van der Waals surface area (Å²) in [5.41, 5.74) is 1.03. The molecule has 0 radical (unpaired) electrons. The van der Waals surface area contributed by atoms with Crippen molar-refractivity contribution in [2.45, 2.75) is 12.0 Å². The number of carbonyl (C=O) groups excluding carboxylic acids is 1. The van der Waals surface area contributed by atoms with Crippen LogP contribution in [0.15, 0.2) is 60.7 Å². The van der Waals surface area contributed by atoms with Crippen molar-refractivity contribution < 1.29 is 24.3 Å². The fraction of sp³-hybridized carbons (Fsp3) is 0.211. The number of carbonyl (C=O) groups is 1. The predicted molar refractivity (Wildman–Crippen MR) is 94.9 cm³/mol. The van der Waals surface area contributed by atoms with Gasteiger partial charge in [0.15, 0.2) is 0 Å². The maximum Gasteiger partial charge on any atom is 0.333 e. The van der Waals surface area contributed by atoms with Crippen molar-refractivity contribution in [2.75, 3.05) is 14.2 Å². The first-order chi connectivity index (χ1) is 12.4. The van der Waals surface area contributed by atoms with E-state index in [0.717, 1.165) is 0 Å². The number of nitrogens with zero attached hydrogens (tertiary/aromatic N) is 1. The van der Waals surface area contributed by atoms with Crippen LogP contribution in [0.2, 0.25) is 0 Å². The number of hydrogen-bond donors (Lipinski definition) is 1. The Morgan fingerprint density at radius 2 is 1.62 bits per heavy atom. The van der Waals surface area contributed by atoms with Crippen LogP contribution in [0.25, 0.3) is 0 Å². The smallest absolute Gasteiger partial charge is 0.333 e. The van der Waals surface area contributed by atoms with Gasteiger partial charge in [0.25, 0.3) is 5.69 Å². The number of nitro groups is 1. The summed E-state index contributed by atoms with van der Waals surface area (Å²) in [6.45, 7) is 3.76. The average molecular weight is 357 g/mol. The molecule has 0 aromatic heterocycles. The summed E-state index contributed by atoms with van der Waals surface area (Å²) in [4.78, 5) is 22.2. The minimum Gasteiger partial charge on any atom is -0.497 e. The standard InChI is InChI=1S/C19H19NO6/c1-12(19(22)26-3)17(13-6-10-16(25-2)11-7-13)18(21)14-4-8-15(9-5-14)20(23)24/h4-11,17-18,21H,1H2,2-3H3/t17-,18+/m0/s1. The number of benzene rings is 2. The number of ether oxygens (including phenoxy) is 2. The van der Waals surface area contributed by atoms with Crippen LogP contribution in [-0.4, -0.2) is 30.2 Å². The molecule has 2 rings (SSSR count). The molecule has 0 amide bonds. The molecule has 2 atom stereocenters. The highest BCUT2D eigenvalue weighted by Crippen LogP contribution is 2.37. The zero-order chi connectivity index (χ0) is 19.3. The van der Waals surface area contributed by atoms with Crippen molar-refractivity contribution in [1.29, 1.82) is 0 Å². The number of aliphatic hydroxyl groups excluding tert-OH is 1. The molecule has 26 heavy (non-hydrogen) atoms. The fourth-order valence-electron chi connectivity index (χ4n) is 2.63. The summed E-state index contributed by atoms with van der Waals surface area (Å²) in [6, 6.07) is 12.3. The zero-order valence-electron chi connectivity index (χ0n) is 14.4. The third-order valence-corrected chi connectivity index (χ3v) is 4.06. The van der Waals surface area contributed by atoms with Gasteiger partial charge in [0.05, 0.1) is 25.2 Å². The van der Waals surface area contributed by atoms with Crippen LogP contribution in [-0.2, 0) is 9.53 Å². The van der Waals surface area contributed by atoms with Gasteiger partial charge in [-0.05, 0) is 35.4 Å². The maximum atomic E-state index is 12.0. The molecule has 0 aliphatic heterocycles. The molecule has 136 valence electrons. The van der Waals surface area contributed by atoms with Crippen LogP contribution in [0.1, 0.15) is 23.1 Å². The summed E-state index contributed by atoms with van der Waals surface area (Å²) in [7, 11) is 2.77. The Bertz CT molecular complexity index is 798. The van der Waals surface area contributed by atoms with Crippen molar-refractivity contribution in [3.63, 3.8) is 0 Å². The number of aliphatic hydroxyl groups is 1. The van der Waals surface area contributed by atoms with E-state index >= 15 is 0 Å². The quantitative estimate of drug-likeness (QED) is 0.354. The third-order valence-electron chi connectivity index (χ3n) is 4.06. The second-order valence-electron chi connectivity index (χ2n) is 5.56. The molecule has 0 saturated carbocycles. The van der Waals surface area contributed by atoms with Crippen LogP contribution in [0.3, 0.4) is 0 Å². The highest BCUT2D eigenvalue weighted by molar-refractivity contribution is 5.89. The summed E-state index contributed by atoms with van der Waals surface area (Å²) in [5.74, 6) is -0.803. The van der Waals surface area contributed by atoms with Crippen LogP contribution < -0.4 is 4.74 Å². The molecule has 1 N–H and O–H groups in total. The molecule has 0 fully saturated rings. The molecule has 0 heterocycles. The Balaban J connectivity index is 2.42. The number of non-ortho nitro benzene ring substituents is 1. The van der Waals surface area contributed by atoms with Gasteiger partial charge in [-0.1, -0.05) is 18.7 Å². The summed E-state index contributed by atoms with van der Waals surface area (Å²) in [6.07, 6.45) is -1.14. The van der Waals surface area contributed by atoms with Crippen molar-refractivity contribution in [3.8, 4) is 5.75 Å². The number of methoxy groups -OCH3 is 2. The van der Waals surface area contributed by atoms with Crippen molar-refractivity contribution in [1.82, 2.24) is 0 Å². The van der Waals surface area contributed by atoms with Gasteiger partial charge >= 0.3 is 5.97 Å². The molecule has 0 spiro atoms. The van der Waals surface area contributed by atoms with E-state index in [9.17, 15) is 20.0 Å². The monoisotopic (exact) mass is 357 g/mol. The minimum absolute atomic E-state index is 0.0727. The van der Waals surface area contributed by atoms with Gasteiger partial charge in [0.1, 0.15) is 5.75 Å². The minimum atomic E-state index is -1.14. The van der Waals surface area contributed by atoms with E-state index in [4.69, 9.17) is 9.47 Å². The van der Waals surface area contributed by atoms with E-state index in [-0.39, 0.29) is 11.3 Å². The molecule has 7 nitrogen and oxygen atoms in total. The van der Waals surface area contributed by atoms with Crippen molar-refractivity contribution in [2.24, 2.45) is 0 Å². The normalized spacial score (nSPS) is 12.7. The third kappa shape index (κ3) is 4.07. The first-order valence-electron chi connectivity index (χ1n) is 7.72. The lowest BCUT2D eigenvalue weighted by atomic mass is 9.84. The summed E-state index contributed by atoms with van der Waals surface area (Å²) < 4.78 is 9.85. The second kappa shape index (κ2) is 8.26. The lowest BCUT2D eigenvalue weighted by Crippen LogP contribution is -2.19. The van der Waals surface area contributed by atoms with Crippen molar-refractivity contribution >= 4 is 11.7 Å². The highest BCUT2D eigenvalue weighted by atomic mass is 16.6. The van der Waals surface area contributed by atoms with Gasteiger partial charge in [0.2, 0.25) is 0 Å². The fourth-order valence-corrected chi connectivity index (χ4v) is 2.63. The first-order valence-corrected chi connectivity index (χ1v) is 7.72. The molecule has 7 heteroatoms. The van der Waals surface area contributed by atoms with E-state index < -0.39 is 22.9 Å². The predicted octanol–water partition coefficient (Wildman–Crippen LogP) is 3.15. The van der Waals surface area contributed by atoms with Gasteiger partial charge < -0.3 is 14.6 Å². The Labute approximate surface area is 150 Å². The van der Waals surface area contributed by atoms with E-state index in [0.29, 0.717) is 16.9 Å². The van der Waals surface area contributed by atoms with Crippen LogP contribution in [0, 0.1) is 10.1 Å². The zero-order valence-corrected chi connectivity index (χ0v) is 14.4. The second-order valence-corrected chi connectivity index (χ2v) is 5.56. The number of esters is 1. The molecule has 2 aromatic rings. The molecule has 2 aromatic carbocycles. The van der Waals surface area contributed by atoms with E-state index in [1.54, 1.807) is 24.3 Å². The molecule has 0 saturated heterocycles. The van der Waals surface area contributed by atoms with E-state index in [1.165, 1.54) is 38.5 Å². The molecule has 0 unspecified atom stereocenters. The Morgan fingerprint density at radius 1 is 1.08 bits per heavy atom. The SMILES string of the molecule is C=C(C(=O)OC)[C@@H](c1ccc(OC)cc1)[C@H](O)c1ccc([N+](=O)[O-])cc1. The van der Waals surface area contributed by atoms with Crippen LogP contribution >= 0.6 is 0 Å².